The van der Waals surface area contributed by atoms with Gasteiger partial charge >= 0.3 is 0 Å². The number of halogens is 2. The number of likely N-dealkylation sites (tertiary alicyclic amines) is 1. The number of nitrogens with zero attached hydrogens (tertiary/aromatic N) is 4. The summed E-state index contributed by atoms with van der Waals surface area (Å²) in [5.41, 5.74) is 4.15. The number of Topliss-reactive ketones (excluding diaryl/α,β-unsaturated/α-hetero) is 1. The molecular weight excluding hydrogens is 593 g/mol. The normalized spacial score (nSPS) is 21.3. The van der Waals surface area contributed by atoms with Crippen LogP contribution in [0.1, 0.15) is 48.7 Å². The van der Waals surface area contributed by atoms with Crippen LogP contribution in [0, 0.1) is 0 Å². The molecule has 5 rings (SSSR count). The molecule has 1 N–H and O–H groups in total. The van der Waals surface area contributed by atoms with Crippen LogP contribution in [0.2, 0.25) is 10.0 Å². The van der Waals surface area contributed by atoms with Gasteiger partial charge in [-0.15, -0.1) is 0 Å². The molecule has 0 aliphatic carbocycles. The maximum absolute atomic E-state index is 13.3. The highest BCUT2D eigenvalue weighted by molar-refractivity contribution is 6.42. The summed E-state index contributed by atoms with van der Waals surface area (Å²) in [7, 11) is 0. The molecule has 3 aliphatic rings. The van der Waals surface area contributed by atoms with Gasteiger partial charge in [-0.25, -0.2) is 0 Å². The van der Waals surface area contributed by atoms with Gasteiger partial charge in [-0.2, -0.15) is 0 Å². The first kappa shape index (κ1) is 32.2. The summed E-state index contributed by atoms with van der Waals surface area (Å²) in [6, 6.07) is 11.8. The zero-order valence-electron chi connectivity index (χ0n) is 25.4. The first-order valence-electron chi connectivity index (χ1n) is 15.5. The van der Waals surface area contributed by atoms with Gasteiger partial charge in [-0.1, -0.05) is 72.6 Å². The van der Waals surface area contributed by atoms with Gasteiger partial charge in [0.25, 0.3) is 5.91 Å². The van der Waals surface area contributed by atoms with E-state index in [1.54, 1.807) is 24.4 Å². The molecule has 2 fully saturated rings. The number of piperazine rings is 1. The van der Waals surface area contributed by atoms with Crippen LogP contribution in [0.4, 0.5) is 0 Å². The number of aromatic nitrogens is 1. The number of rotatable bonds is 13. The van der Waals surface area contributed by atoms with E-state index in [1.807, 2.05) is 42.6 Å². The third kappa shape index (κ3) is 8.27. The molecular formula is C35H41Cl2N5O2. The van der Waals surface area contributed by atoms with Gasteiger partial charge in [-0.05, 0) is 61.1 Å². The van der Waals surface area contributed by atoms with Crippen molar-refractivity contribution >= 4 is 34.9 Å². The highest BCUT2D eigenvalue weighted by Crippen LogP contribution is 2.31. The summed E-state index contributed by atoms with van der Waals surface area (Å²) in [6.45, 7) is 11.3. The number of carbonyl (C=O) groups excluding carboxylic acids is 2. The fraction of sp³-hybridized carbons (Fsp3) is 0.400. The molecule has 0 saturated carbocycles. The predicted molar refractivity (Wildman–Crippen MR) is 178 cm³/mol. The van der Waals surface area contributed by atoms with E-state index in [1.165, 1.54) is 12.8 Å². The van der Waals surface area contributed by atoms with Gasteiger partial charge < -0.3 is 10.2 Å². The minimum absolute atomic E-state index is 0.0915. The first-order chi connectivity index (χ1) is 21.3. The molecule has 2 saturated heterocycles. The highest BCUT2D eigenvalue weighted by Gasteiger charge is 2.40. The molecule has 2 atom stereocenters. The van der Waals surface area contributed by atoms with Crippen LogP contribution in [-0.2, 0) is 11.3 Å². The van der Waals surface area contributed by atoms with E-state index in [2.05, 4.69) is 38.5 Å². The van der Waals surface area contributed by atoms with Gasteiger partial charge in [0.2, 0.25) is 0 Å². The predicted octanol–water partition coefficient (Wildman–Crippen LogP) is 6.07. The summed E-state index contributed by atoms with van der Waals surface area (Å²) in [5.74, 6) is -0.0178. The van der Waals surface area contributed by atoms with Gasteiger partial charge in [0, 0.05) is 63.7 Å². The van der Waals surface area contributed by atoms with Gasteiger partial charge in [0.15, 0.2) is 5.78 Å². The first-order valence-corrected chi connectivity index (χ1v) is 16.2. The Hall–Kier alpha value is -3.23. The molecule has 4 heterocycles. The fourth-order valence-electron chi connectivity index (χ4n) is 6.29. The lowest BCUT2D eigenvalue weighted by Crippen LogP contribution is -2.55. The van der Waals surface area contributed by atoms with Gasteiger partial charge in [0.1, 0.15) is 5.69 Å². The third-order valence-electron chi connectivity index (χ3n) is 8.68. The molecule has 2 aromatic rings. The Balaban J connectivity index is 1.15. The second-order valence-electron chi connectivity index (χ2n) is 11.8. The van der Waals surface area contributed by atoms with Gasteiger partial charge in [0.05, 0.1) is 22.2 Å². The van der Waals surface area contributed by atoms with Crippen LogP contribution in [0.3, 0.4) is 0 Å². The average Bonchev–Trinajstić information content (AvgIpc) is 3.54. The largest absolute Gasteiger partial charge is 0.372 e. The Bertz CT molecular complexity index is 1440. The highest BCUT2D eigenvalue weighted by atomic mass is 35.5. The molecule has 44 heavy (non-hydrogen) atoms. The summed E-state index contributed by atoms with van der Waals surface area (Å²) in [6.07, 6.45) is 13.9. The molecule has 0 spiro atoms. The number of benzene rings is 1. The molecule has 232 valence electrons. The van der Waals surface area contributed by atoms with Gasteiger partial charge in [-0.3, -0.25) is 24.4 Å². The monoisotopic (exact) mass is 633 g/mol. The second kappa shape index (κ2) is 15.2. The third-order valence-corrected chi connectivity index (χ3v) is 9.42. The average molecular weight is 635 g/mol. The number of pyridine rings is 1. The number of amides is 1. The van der Waals surface area contributed by atoms with E-state index in [0.29, 0.717) is 53.0 Å². The lowest BCUT2D eigenvalue weighted by Gasteiger charge is -2.41. The Morgan fingerprint density at radius 1 is 1.09 bits per heavy atom. The number of carbonyl (C=O) groups is 2. The van der Waals surface area contributed by atoms with Crippen molar-refractivity contribution < 1.29 is 9.59 Å². The molecule has 3 aliphatic heterocycles. The molecule has 1 aromatic carbocycles. The molecule has 1 aromatic heterocycles. The standard InChI is InChI=1S/C35H41Cl2N5O2/c1-3-25(2)8-6-9-27-20-40(23-30(27)35(44)39-19-26-11-14-31(36)32(37)18-26)16-7-17-42-28-12-13-29(42)22-41(21-28)24-34(43)33-10-4-5-15-38-33/h4-6,8-11,14-15,18,23,28-29H,2-3,7,12-13,16-17,19-22,24H2,1H3,(H,39,44)/b8-6-,27-9+. The maximum Gasteiger partial charge on any atom is 0.253 e. The lowest BCUT2D eigenvalue weighted by molar-refractivity contribution is -0.117. The molecule has 7 nitrogen and oxygen atoms in total. The maximum atomic E-state index is 13.3. The Morgan fingerprint density at radius 3 is 2.59 bits per heavy atom. The fourth-order valence-corrected chi connectivity index (χ4v) is 6.61. The number of allylic oxidation sites excluding steroid dienone is 4. The topological polar surface area (TPSA) is 68.8 Å². The summed E-state index contributed by atoms with van der Waals surface area (Å²) >= 11 is 12.2. The minimum atomic E-state index is -0.109. The van der Waals surface area contributed by atoms with Crippen molar-refractivity contribution in [3.8, 4) is 0 Å². The molecule has 0 radical (unpaired) electrons. The van der Waals surface area contributed by atoms with E-state index < -0.39 is 0 Å². The SMILES string of the molecule is C=C(/C=C\C=C1/CN(CCCN2C3CCC2CN(CC(=O)c2ccccn2)C3)C=C1C(=O)NCc1ccc(Cl)c(Cl)c1)CC. The Kier molecular flexibility index (Phi) is 11.1. The lowest BCUT2D eigenvalue weighted by atomic mass is 10.1. The molecule has 9 heteroatoms. The minimum Gasteiger partial charge on any atom is -0.372 e. The zero-order valence-corrected chi connectivity index (χ0v) is 26.9. The molecule has 2 unspecified atom stereocenters. The van der Waals surface area contributed by atoms with Crippen LogP contribution in [0.5, 0.6) is 0 Å². The smallest absolute Gasteiger partial charge is 0.253 e. The van der Waals surface area contributed by atoms with Crippen molar-refractivity contribution in [2.24, 2.45) is 0 Å². The van der Waals surface area contributed by atoms with Crippen molar-refractivity contribution in [2.45, 2.75) is 51.2 Å². The summed E-state index contributed by atoms with van der Waals surface area (Å²) < 4.78 is 0. The van der Waals surface area contributed by atoms with E-state index in [4.69, 9.17) is 23.2 Å². The number of hydrogen-bond donors (Lipinski definition) is 1. The molecule has 1 amide bonds. The van der Waals surface area contributed by atoms with Crippen molar-refractivity contribution in [1.29, 1.82) is 0 Å². The van der Waals surface area contributed by atoms with Crippen molar-refractivity contribution in [3.63, 3.8) is 0 Å². The van der Waals surface area contributed by atoms with Crippen LogP contribution < -0.4 is 5.32 Å². The summed E-state index contributed by atoms with van der Waals surface area (Å²) in [4.78, 5) is 37.4. The van der Waals surface area contributed by atoms with E-state index in [0.717, 1.165) is 55.7 Å². The zero-order chi connectivity index (χ0) is 31.1. The second-order valence-corrected chi connectivity index (χ2v) is 12.6. The summed E-state index contributed by atoms with van der Waals surface area (Å²) in [5, 5.41) is 4.01. The Morgan fingerprint density at radius 2 is 1.89 bits per heavy atom. The van der Waals surface area contributed by atoms with Crippen LogP contribution in [0.25, 0.3) is 0 Å². The quantitative estimate of drug-likeness (QED) is 0.213. The number of nitrogens with one attached hydrogen (secondary N) is 1. The van der Waals surface area contributed by atoms with E-state index in [-0.39, 0.29) is 11.7 Å². The number of ketones is 1. The van der Waals surface area contributed by atoms with Crippen molar-refractivity contribution in [2.75, 3.05) is 39.3 Å². The van der Waals surface area contributed by atoms with Crippen LogP contribution in [0.15, 0.2) is 90.3 Å². The number of fused-ring (bicyclic) bond motifs is 2. The number of hydrogen-bond acceptors (Lipinski definition) is 6. The van der Waals surface area contributed by atoms with E-state index >= 15 is 0 Å². The Labute approximate surface area is 270 Å². The molecule has 2 bridgehead atoms. The van der Waals surface area contributed by atoms with Crippen LogP contribution in [-0.4, -0.2) is 82.7 Å². The van der Waals surface area contributed by atoms with E-state index in [9.17, 15) is 9.59 Å². The van der Waals surface area contributed by atoms with Crippen LogP contribution >= 0.6 is 23.2 Å². The van der Waals surface area contributed by atoms with Crippen molar-refractivity contribution in [1.82, 2.24) is 25.0 Å². The van der Waals surface area contributed by atoms with Crippen molar-refractivity contribution in [3.05, 3.63) is 112 Å².